The van der Waals surface area contributed by atoms with Crippen LogP contribution in [0.25, 0.3) is 56.0 Å². The largest absolute Gasteiger partial charge is 0.492 e. The van der Waals surface area contributed by atoms with Gasteiger partial charge in [-0.15, -0.1) is 0 Å². The molecule has 45 heavy (non-hydrogen) atoms. The molecule has 0 aliphatic carbocycles. The van der Waals surface area contributed by atoms with E-state index in [-0.39, 0.29) is 11.7 Å². The molecule has 3 N–H and O–H groups in total. The molecule has 7 rings (SSSR count). The van der Waals surface area contributed by atoms with Crippen molar-refractivity contribution in [2.24, 2.45) is 0 Å². The Morgan fingerprint density at radius 3 is 2.76 bits per heavy atom. The van der Waals surface area contributed by atoms with Crippen molar-refractivity contribution in [1.82, 2.24) is 35.0 Å². The van der Waals surface area contributed by atoms with Crippen LogP contribution in [0.2, 0.25) is 0 Å². The van der Waals surface area contributed by atoms with Gasteiger partial charge in [-0.2, -0.15) is 5.10 Å². The topological polar surface area (TPSA) is 125 Å². The highest BCUT2D eigenvalue weighted by Gasteiger charge is 2.18. The highest BCUT2D eigenvalue weighted by atomic mass is 19.1. The number of halogens is 1. The molecule has 0 unspecified atom stereocenters. The molecule has 228 valence electrons. The first-order valence-electron chi connectivity index (χ1n) is 15.3. The Bertz CT molecular complexity index is 2000. The van der Waals surface area contributed by atoms with E-state index < -0.39 is 0 Å². The van der Waals surface area contributed by atoms with Crippen LogP contribution in [-0.4, -0.2) is 67.2 Å². The second kappa shape index (κ2) is 12.4. The summed E-state index contributed by atoms with van der Waals surface area (Å²) in [5, 5.41) is 10.5. The van der Waals surface area contributed by atoms with Crippen LogP contribution in [0.15, 0.2) is 67.0 Å². The first-order chi connectivity index (χ1) is 22.0. The quantitative estimate of drug-likeness (QED) is 0.161. The van der Waals surface area contributed by atoms with Gasteiger partial charge in [0, 0.05) is 36.4 Å². The average Bonchev–Trinajstić information content (AvgIpc) is 3.80. The van der Waals surface area contributed by atoms with E-state index in [9.17, 15) is 9.18 Å². The number of hydrogen-bond acceptors (Lipinski definition) is 7. The molecule has 0 saturated carbocycles. The fourth-order valence-electron chi connectivity index (χ4n) is 5.80. The number of nitrogens with zero attached hydrogens (tertiary/aromatic N) is 5. The number of benzene rings is 2. The lowest BCUT2D eigenvalue weighted by molar-refractivity contribution is -0.116. The number of imidazole rings is 1. The van der Waals surface area contributed by atoms with Crippen molar-refractivity contribution < 1.29 is 13.9 Å². The molecule has 4 aromatic heterocycles. The van der Waals surface area contributed by atoms with Gasteiger partial charge in [-0.1, -0.05) is 19.1 Å². The number of ether oxygens (including phenoxy) is 1. The molecule has 1 fully saturated rings. The summed E-state index contributed by atoms with van der Waals surface area (Å²) in [6, 6.07) is 16.2. The number of aromatic nitrogens is 6. The van der Waals surface area contributed by atoms with E-state index in [1.165, 1.54) is 25.0 Å². The molecule has 0 radical (unpaired) electrons. The summed E-state index contributed by atoms with van der Waals surface area (Å²) in [7, 11) is 0. The number of carbonyl (C=O) groups is 1. The van der Waals surface area contributed by atoms with Crippen LogP contribution < -0.4 is 10.1 Å². The predicted molar refractivity (Wildman–Crippen MR) is 172 cm³/mol. The maximum Gasteiger partial charge on any atom is 0.224 e. The number of para-hydroxylation sites is 1. The Hall–Kier alpha value is -5.16. The summed E-state index contributed by atoms with van der Waals surface area (Å²) in [6.45, 7) is 5.48. The van der Waals surface area contributed by atoms with E-state index in [1.807, 2.05) is 49.4 Å². The zero-order chi connectivity index (χ0) is 30.8. The molecule has 11 heteroatoms. The van der Waals surface area contributed by atoms with Gasteiger partial charge in [0.2, 0.25) is 5.91 Å². The minimum absolute atomic E-state index is 0.0549. The Morgan fingerprint density at radius 1 is 1.00 bits per heavy atom. The Morgan fingerprint density at radius 2 is 1.89 bits per heavy atom. The van der Waals surface area contributed by atoms with Crippen LogP contribution in [0.5, 0.6) is 5.75 Å². The van der Waals surface area contributed by atoms with Crippen LogP contribution in [0, 0.1) is 5.82 Å². The molecule has 0 atom stereocenters. The summed E-state index contributed by atoms with van der Waals surface area (Å²) in [5.41, 5.74) is 6.92. The molecule has 2 aromatic carbocycles. The third-order valence-electron chi connectivity index (χ3n) is 8.00. The summed E-state index contributed by atoms with van der Waals surface area (Å²) >= 11 is 0. The van der Waals surface area contributed by atoms with Gasteiger partial charge in [0.25, 0.3) is 0 Å². The SMILES string of the molecule is CCCC(=O)Nc1cncc(-c2ccc3[nH]nc(-c4nc5c(-c6cc(F)cc(OCCN7CCCC7)c6)cccc5[nH]4)c3n2)c1. The number of H-pyrrole nitrogens is 2. The van der Waals surface area contributed by atoms with Gasteiger partial charge in [0.15, 0.2) is 11.5 Å². The number of hydrogen-bond donors (Lipinski definition) is 3. The van der Waals surface area contributed by atoms with Crippen molar-refractivity contribution in [2.75, 3.05) is 31.6 Å². The number of nitrogens with one attached hydrogen (secondary N) is 3. The van der Waals surface area contributed by atoms with Crippen LogP contribution in [-0.2, 0) is 4.79 Å². The molecular formula is C34H33FN8O2. The lowest BCUT2D eigenvalue weighted by Crippen LogP contribution is -2.25. The number of aromatic amines is 2. The first-order valence-corrected chi connectivity index (χ1v) is 15.3. The molecule has 1 amide bonds. The zero-order valence-electron chi connectivity index (χ0n) is 24.9. The monoisotopic (exact) mass is 604 g/mol. The number of rotatable bonds is 10. The summed E-state index contributed by atoms with van der Waals surface area (Å²) < 4.78 is 20.7. The van der Waals surface area contributed by atoms with Crippen LogP contribution in [0.3, 0.4) is 0 Å². The number of carbonyl (C=O) groups excluding carboxylic acids is 1. The lowest BCUT2D eigenvalue weighted by atomic mass is 10.0. The fraction of sp³-hybridized carbons (Fsp3) is 0.265. The van der Waals surface area contributed by atoms with Gasteiger partial charge in [-0.3, -0.25) is 19.8 Å². The molecule has 1 aliphatic rings. The maximum absolute atomic E-state index is 14.8. The molecule has 1 aliphatic heterocycles. The first kappa shape index (κ1) is 28.6. The molecule has 5 heterocycles. The second-order valence-corrected chi connectivity index (χ2v) is 11.3. The van der Waals surface area contributed by atoms with Gasteiger partial charge in [-0.05, 0) is 74.3 Å². The van der Waals surface area contributed by atoms with Gasteiger partial charge in [0.05, 0.1) is 34.1 Å². The standard InChI is InChI=1S/C34H33FN8O2/c1-2-6-30(44)37-24-16-22(19-36-20-24)27-9-10-29-32(38-27)33(42-41-29)34-39-28-8-5-7-26(31(28)40-34)21-15-23(35)18-25(17-21)45-14-13-43-11-3-4-12-43/h5,7-10,15-20H,2-4,6,11-14H2,1H3,(H,37,44)(H,39,40)(H,41,42). The molecule has 0 bridgehead atoms. The summed E-state index contributed by atoms with van der Waals surface area (Å²) in [5.74, 6) is 0.608. The normalized spacial score (nSPS) is 13.6. The van der Waals surface area contributed by atoms with E-state index in [4.69, 9.17) is 14.7 Å². The maximum atomic E-state index is 14.8. The van der Waals surface area contributed by atoms with E-state index in [0.29, 0.717) is 58.3 Å². The summed E-state index contributed by atoms with van der Waals surface area (Å²) in [6.07, 6.45) is 6.97. The van der Waals surface area contributed by atoms with Crippen molar-refractivity contribution in [3.63, 3.8) is 0 Å². The third-order valence-corrected chi connectivity index (χ3v) is 8.00. The van der Waals surface area contributed by atoms with E-state index in [2.05, 4.69) is 30.4 Å². The fourth-order valence-corrected chi connectivity index (χ4v) is 5.80. The highest BCUT2D eigenvalue weighted by Crippen LogP contribution is 2.34. The molecule has 10 nitrogen and oxygen atoms in total. The van der Waals surface area contributed by atoms with E-state index in [1.54, 1.807) is 12.4 Å². The minimum atomic E-state index is -0.366. The van der Waals surface area contributed by atoms with Crippen LogP contribution >= 0.6 is 0 Å². The molecular weight excluding hydrogens is 571 g/mol. The van der Waals surface area contributed by atoms with Crippen molar-refractivity contribution in [1.29, 1.82) is 0 Å². The Balaban J connectivity index is 1.19. The molecule has 6 aromatic rings. The second-order valence-electron chi connectivity index (χ2n) is 11.3. The van der Waals surface area contributed by atoms with Crippen molar-refractivity contribution in [3.05, 3.63) is 72.8 Å². The van der Waals surface area contributed by atoms with Crippen molar-refractivity contribution >= 4 is 33.7 Å². The third kappa shape index (κ3) is 6.12. The Kier molecular flexibility index (Phi) is 7.91. The molecule has 1 saturated heterocycles. The van der Waals surface area contributed by atoms with E-state index >= 15 is 0 Å². The summed E-state index contributed by atoms with van der Waals surface area (Å²) in [4.78, 5) is 32.0. The van der Waals surface area contributed by atoms with Gasteiger partial charge in [-0.25, -0.2) is 14.4 Å². The number of anilines is 1. The minimum Gasteiger partial charge on any atom is -0.492 e. The van der Waals surface area contributed by atoms with Gasteiger partial charge < -0.3 is 15.0 Å². The van der Waals surface area contributed by atoms with Gasteiger partial charge >= 0.3 is 0 Å². The number of amides is 1. The van der Waals surface area contributed by atoms with Crippen LogP contribution in [0.4, 0.5) is 10.1 Å². The Labute approximate surface area is 259 Å². The number of likely N-dealkylation sites (tertiary alicyclic amines) is 1. The van der Waals surface area contributed by atoms with Crippen molar-refractivity contribution in [3.8, 4) is 39.7 Å². The smallest absolute Gasteiger partial charge is 0.224 e. The lowest BCUT2D eigenvalue weighted by Gasteiger charge is -2.15. The number of fused-ring (bicyclic) bond motifs is 2. The van der Waals surface area contributed by atoms with Crippen molar-refractivity contribution in [2.45, 2.75) is 32.6 Å². The highest BCUT2D eigenvalue weighted by molar-refractivity contribution is 5.96. The van der Waals surface area contributed by atoms with Gasteiger partial charge in [0.1, 0.15) is 23.7 Å². The van der Waals surface area contributed by atoms with E-state index in [0.717, 1.165) is 48.2 Å². The predicted octanol–water partition coefficient (Wildman–Crippen LogP) is 6.58. The zero-order valence-corrected chi connectivity index (χ0v) is 24.9. The molecule has 0 spiro atoms. The van der Waals surface area contributed by atoms with Crippen LogP contribution in [0.1, 0.15) is 32.6 Å². The average molecular weight is 605 g/mol. The number of pyridine rings is 2.